The Balaban J connectivity index is 1.33. The van der Waals surface area contributed by atoms with Crippen LogP contribution in [0.25, 0.3) is 21.9 Å². The zero-order valence-electron chi connectivity index (χ0n) is 17.3. The number of H-pyrrole nitrogens is 1. The van der Waals surface area contributed by atoms with Crippen molar-refractivity contribution in [1.82, 2.24) is 15.0 Å². The van der Waals surface area contributed by atoms with Crippen molar-refractivity contribution in [3.63, 3.8) is 0 Å². The third-order valence-electron chi connectivity index (χ3n) is 6.83. The summed E-state index contributed by atoms with van der Waals surface area (Å²) in [4.78, 5) is 23.7. The molecule has 0 radical (unpaired) electrons. The summed E-state index contributed by atoms with van der Waals surface area (Å²) in [5.74, 6) is 0.920. The second-order valence-electron chi connectivity index (χ2n) is 8.62. The highest BCUT2D eigenvalue weighted by molar-refractivity contribution is 5.92. The molecule has 1 aliphatic rings. The number of fused-ring (bicyclic) bond motifs is 2. The van der Waals surface area contributed by atoms with E-state index in [1.54, 1.807) is 30.3 Å². The lowest BCUT2D eigenvalue weighted by molar-refractivity contribution is 0.0697. The maximum atomic E-state index is 13.8. The van der Waals surface area contributed by atoms with Crippen molar-refractivity contribution >= 4 is 27.9 Å². The quantitative estimate of drug-likeness (QED) is 0.425. The third-order valence-corrected chi connectivity index (χ3v) is 6.83. The van der Waals surface area contributed by atoms with Gasteiger partial charge in [0.1, 0.15) is 11.6 Å². The van der Waals surface area contributed by atoms with Gasteiger partial charge >= 0.3 is 5.97 Å². The lowest BCUT2D eigenvalue weighted by Gasteiger charge is -2.32. The number of benzene rings is 2. The van der Waals surface area contributed by atoms with Gasteiger partial charge in [-0.25, -0.2) is 14.2 Å². The number of aromatic nitrogens is 3. The Hall–Kier alpha value is -3.28. The first-order valence-corrected chi connectivity index (χ1v) is 10.8. The van der Waals surface area contributed by atoms with Gasteiger partial charge in [-0.05, 0) is 85.5 Å². The van der Waals surface area contributed by atoms with E-state index in [4.69, 9.17) is 4.98 Å². The van der Waals surface area contributed by atoms with Crippen LogP contribution in [0.1, 0.15) is 66.2 Å². The molecule has 1 atom stereocenters. The molecule has 4 aromatic rings. The molecule has 2 N–H and O–H groups in total. The Kier molecular flexibility index (Phi) is 4.93. The molecular formula is C25H24FN3O2. The Labute approximate surface area is 179 Å². The minimum atomic E-state index is -0.937. The van der Waals surface area contributed by atoms with Crippen LogP contribution in [-0.4, -0.2) is 26.0 Å². The molecule has 2 aromatic heterocycles. The molecule has 31 heavy (non-hydrogen) atoms. The van der Waals surface area contributed by atoms with E-state index in [2.05, 4.69) is 16.9 Å². The first-order chi connectivity index (χ1) is 15.0. The molecule has 0 amide bonds. The fourth-order valence-electron chi connectivity index (χ4n) is 5.03. The van der Waals surface area contributed by atoms with Crippen LogP contribution in [0.4, 0.5) is 4.39 Å². The van der Waals surface area contributed by atoms with Crippen molar-refractivity contribution in [1.29, 1.82) is 0 Å². The van der Waals surface area contributed by atoms with E-state index in [0.29, 0.717) is 11.8 Å². The minimum absolute atomic E-state index is 0.222. The van der Waals surface area contributed by atoms with Crippen molar-refractivity contribution < 1.29 is 14.3 Å². The normalized spacial score (nSPS) is 20.2. The van der Waals surface area contributed by atoms with Gasteiger partial charge in [-0.2, -0.15) is 0 Å². The summed E-state index contributed by atoms with van der Waals surface area (Å²) < 4.78 is 13.8. The maximum absolute atomic E-state index is 13.8. The van der Waals surface area contributed by atoms with Gasteiger partial charge in [-0.1, -0.05) is 6.92 Å². The predicted molar refractivity (Wildman–Crippen MR) is 118 cm³/mol. The number of hydrogen-bond acceptors (Lipinski definition) is 3. The fraction of sp³-hybridized carbons (Fsp3) is 0.320. The third kappa shape index (κ3) is 3.67. The summed E-state index contributed by atoms with van der Waals surface area (Å²) in [5.41, 5.74) is 3.86. The van der Waals surface area contributed by atoms with E-state index in [9.17, 15) is 14.3 Å². The average Bonchev–Trinajstić information content (AvgIpc) is 3.21. The van der Waals surface area contributed by atoms with Gasteiger partial charge < -0.3 is 10.1 Å². The summed E-state index contributed by atoms with van der Waals surface area (Å²) in [6, 6.07) is 11.8. The number of nitrogens with zero attached hydrogens (tertiary/aromatic N) is 2. The van der Waals surface area contributed by atoms with Gasteiger partial charge in [0.05, 0.1) is 22.1 Å². The van der Waals surface area contributed by atoms with Crippen molar-refractivity contribution in [2.45, 2.75) is 44.4 Å². The van der Waals surface area contributed by atoms with Gasteiger partial charge in [0, 0.05) is 17.5 Å². The molecule has 5 rings (SSSR count). The maximum Gasteiger partial charge on any atom is 0.335 e. The molecule has 0 bridgehead atoms. The van der Waals surface area contributed by atoms with Crippen LogP contribution in [0, 0.1) is 11.7 Å². The summed E-state index contributed by atoms with van der Waals surface area (Å²) in [5, 5.41) is 10.1. The fourth-order valence-corrected chi connectivity index (χ4v) is 5.03. The lowest BCUT2D eigenvalue weighted by atomic mass is 9.73. The number of pyridine rings is 1. The SMILES string of the molecule is CC(c1nc2ccc(C(=O)O)cc2[nH]1)C1CCC(c2ccnc3ccc(F)cc23)CC1. The van der Waals surface area contributed by atoms with Gasteiger partial charge in [0.2, 0.25) is 0 Å². The number of carboxylic acids is 1. The number of halogens is 1. The largest absolute Gasteiger partial charge is 0.478 e. The van der Waals surface area contributed by atoms with Crippen LogP contribution in [0.5, 0.6) is 0 Å². The van der Waals surface area contributed by atoms with Gasteiger partial charge in [0.15, 0.2) is 0 Å². The monoisotopic (exact) mass is 417 g/mol. The summed E-state index contributed by atoms with van der Waals surface area (Å²) in [6.45, 7) is 2.19. The zero-order chi connectivity index (χ0) is 21.5. The number of carbonyl (C=O) groups is 1. The first-order valence-electron chi connectivity index (χ1n) is 10.8. The molecule has 2 heterocycles. The van der Waals surface area contributed by atoms with E-state index >= 15 is 0 Å². The molecule has 6 heteroatoms. The molecule has 5 nitrogen and oxygen atoms in total. The molecule has 0 aliphatic heterocycles. The predicted octanol–water partition coefficient (Wildman–Crippen LogP) is 6.03. The Morgan fingerprint density at radius 1 is 1.10 bits per heavy atom. The average molecular weight is 417 g/mol. The highest BCUT2D eigenvalue weighted by Gasteiger charge is 2.29. The van der Waals surface area contributed by atoms with Crippen LogP contribution in [0.3, 0.4) is 0 Å². The van der Waals surface area contributed by atoms with Crippen molar-refractivity contribution in [2.24, 2.45) is 5.92 Å². The number of carboxylic acid groups (broad SMARTS) is 1. The van der Waals surface area contributed by atoms with E-state index in [1.165, 1.54) is 11.6 Å². The Morgan fingerprint density at radius 3 is 2.65 bits per heavy atom. The van der Waals surface area contributed by atoms with E-state index in [1.807, 2.05) is 12.3 Å². The molecule has 0 saturated heterocycles. The highest BCUT2D eigenvalue weighted by Crippen LogP contribution is 2.43. The van der Waals surface area contributed by atoms with Gasteiger partial charge in [-0.3, -0.25) is 4.98 Å². The van der Waals surface area contributed by atoms with Crippen molar-refractivity contribution in [3.05, 3.63) is 71.4 Å². The van der Waals surface area contributed by atoms with Crippen LogP contribution in [0.2, 0.25) is 0 Å². The first kappa shape index (κ1) is 19.7. The second kappa shape index (κ2) is 7.76. The molecular weight excluding hydrogens is 393 g/mol. The summed E-state index contributed by atoms with van der Waals surface area (Å²) >= 11 is 0. The lowest BCUT2D eigenvalue weighted by Crippen LogP contribution is -2.19. The molecule has 0 spiro atoms. The van der Waals surface area contributed by atoms with E-state index in [-0.39, 0.29) is 17.3 Å². The minimum Gasteiger partial charge on any atom is -0.478 e. The summed E-state index contributed by atoms with van der Waals surface area (Å²) in [6.07, 6.45) is 6.07. The smallest absolute Gasteiger partial charge is 0.335 e. The van der Waals surface area contributed by atoms with Gasteiger partial charge in [0.25, 0.3) is 0 Å². The number of rotatable bonds is 4. The van der Waals surface area contributed by atoms with Crippen molar-refractivity contribution in [3.8, 4) is 0 Å². The van der Waals surface area contributed by atoms with E-state index in [0.717, 1.165) is 53.4 Å². The molecule has 2 aromatic carbocycles. The van der Waals surface area contributed by atoms with Crippen LogP contribution < -0.4 is 0 Å². The summed E-state index contributed by atoms with van der Waals surface area (Å²) in [7, 11) is 0. The topological polar surface area (TPSA) is 78.9 Å². The molecule has 1 saturated carbocycles. The molecule has 1 aliphatic carbocycles. The standard InChI is InChI=1S/C25H24FN3O2/c1-14(24-28-22-8-6-17(25(30)31)12-23(22)29-24)15-2-4-16(5-3-15)19-10-11-27-21-9-7-18(26)13-20(19)21/h6-16H,2-5H2,1H3,(H,28,29)(H,30,31). The number of aromatic amines is 1. The Morgan fingerprint density at radius 2 is 1.87 bits per heavy atom. The molecule has 158 valence electrons. The molecule has 1 unspecified atom stereocenters. The number of hydrogen-bond donors (Lipinski definition) is 2. The molecule has 1 fully saturated rings. The van der Waals surface area contributed by atoms with Crippen LogP contribution >= 0.6 is 0 Å². The van der Waals surface area contributed by atoms with Crippen molar-refractivity contribution in [2.75, 3.05) is 0 Å². The van der Waals surface area contributed by atoms with E-state index < -0.39 is 5.97 Å². The van der Waals surface area contributed by atoms with Crippen LogP contribution in [0.15, 0.2) is 48.7 Å². The van der Waals surface area contributed by atoms with Crippen LogP contribution in [-0.2, 0) is 0 Å². The zero-order valence-corrected chi connectivity index (χ0v) is 17.3. The number of imidazole rings is 1. The Bertz CT molecular complexity index is 1270. The second-order valence-corrected chi connectivity index (χ2v) is 8.62. The van der Waals surface area contributed by atoms with Gasteiger partial charge in [-0.15, -0.1) is 0 Å². The number of aromatic carboxylic acids is 1. The highest BCUT2D eigenvalue weighted by atomic mass is 19.1. The number of nitrogens with one attached hydrogen (secondary N) is 1.